The highest BCUT2D eigenvalue weighted by atomic mass is 32.2. The van der Waals surface area contributed by atoms with Crippen LogP contribution in [0.25, 0.3) is 21.8 Å². The van der Waals surface area contributed by atoms with Gasteiger partial charge in [-0.2, -0.15) is 0 Å². The van der Waals surface area contributed by atoms with Crippen molar-refractivity contribution < 1.29 is 27.4 Å². The Hall–Kier alpha value is -4.28. The number of fused-ring (bicyclic) bond motifs is 3. The SMILES string of the molecule is COCc1c(C(=O)OC(C)C)ncc2[nH]c3ccc(Oc4ccc(S(=O)(=O)c5ccc(C)cc5)nc4)cc3c12. The molecule has 0 aliphatic heterocycles. The number of nitrogens with zero attached hydrogens (tertiary/aromatic N) is 2. The van der Waals surface area contributed by atoms with E-state index in [1.165, 1.54) is 12.3 Å². The summed E-state index contributed by atoms with van der Waals surface area (Å²) in [7, 11) is -2.20. The van der Waals surface area contributed by atoms with Gasteiger partial charge in [0.2, 0.25) is 9.84 Å². The standard InChI is InChI=1S/C29H27N3O6S/c1-17(2)37-29(33)28-23(16-36-4)27-22-13-19(7-11-24(22)32-25(27)15-31-28)38-20-8-12-26(30-14-20)39(34,35)21-9-5-18(3)6-10-21/h5-15,17,32H,16H2,1-4H3. The van der Waals surface area contributed by atoms with Crippen molar-refractivity contribution in [3.63, 3.8) is 0 Å². The molecule has 3 aromatic heterocycles. The molecular formula is C29H27N3O6S. The summed E-state index contributed by atoms with van der Waals surface area (Å²) in [4.78, 5) is 24.7. The molecule has 10 heteroatoms. The number of rotatable bonds is 8. The summed E-state index contributed by atoms with van der Waals surface area (Å²) in [6.45, 7) is 5.61. The lowest BCUT2D eigenvalue weighted by Crippen LogP contribution is -2.15. The lowest BCUT2D eigenvalue weighted by atomic mass is 10.1. The van der Waals surface area contributed by atoms with Crippen molar-refractivity contribution >= 4 is 37.6 Å². The molecule has 0 amide bonds. The predicted molar refractivity (Wildman–Crippen MR) is 146 cm³/mol. The lowest BCUT2D eigenvalue weighted by molar-refractivity contribution is 0.0366. The van der Waals surface area contributed by atoms with Crippen LogP contribution >= 0.6 is 0 Å². The van der Waals surface area contributed by atoms with Gasteiger partial charge in [-0.1, -0.05) is 17.7 Å². The maximum Gasteiger partial charge on any atom is 0.357 e. The molecule has 0 fully saturated rings. The minimum absolute atomic E-state index is 0.0664. The van der Waals surface area contributed by atoms with Crippen LogP contribution in [0.4, 0.5) is 0 Å². The summed E-state index contributed by atoms with van der Waals surface area (Å²) in [6.07, 6.45) is 2.68. The maximum atomic E-state index is 12.9. The molecule has 5 aromatic rings. The Kier molecular flexibility index (Phi) is 7.07. The Balaban J connectivity index is 1.49. The summed E-state index contributed by atoms with van der Waals surface area (Å²) in [6, 6.07) is 15.1. The van der Waals surface area contributed by atoms with Crippen molar-refractivity contribution in [2.75, 3.05) is 7.11 Å². The number of hydrogen-bond donors (Lipinski definition) is 1. The second kappa shape index (κ2) is 10.5. The molecule has 39 heavy (non-hydrogen) atoms. The van der Waals surface area contributed by atoms with Crippen molar-refractivity contribution in [3.05, 3.63) is 83.8 Å². The Bertz CT molecular complexity index is 1780. The Morgan fingerprint density at radius 3 is 2.36 bits per heavy atom. The molecule has 0 aliphatic rings. The van der Waals surface area contributed by atoms with Crippen LogP contribution in [0.15, 0.2) is 76.9 Å². The molecule has 0 bridgehead atoms. The molecule has 1 N–H and O–H groups in total. The second-order valence-corrected chi connectivity index (χ2v) is 11.2. The van der Waals surface area contributed by atoms with E-state index in [9.17, 15) is 13.2 Å². The van der Waals surface area contributed by atoms with Gasteiger partial charge in [-0.3, -0.25) is 0 Å². The first-order chi connectivity index (χ1) is 18.7. The molecule has 200 valence electrons. The van der Waals surface area contributed by atoms with Crippen LogP contribution in [0, 0.1) is 6.92 Å². The quantitative estimate of drug-likeness (QED) is 0.245. The zero-order chi connectivity index (χ0) is 27.7. The number of carbonyl (C=O) groups excluding carboxylic acids is 1. The van der Waals surface area contributed by atoms with Crippen LogP contribution in [0.5, 0.6) is 11.5 Å². The van der Waals surface area contributed by atoms with Gasteiger partial charge in [0.25, 0.3) is 0 Å². The van der Waals surface area contributed by atoms with E-state index in [1.807, 2.05) is 19.1 Å². The average Bonchev–Trinajstić information content (AvgIpc) is 3.27. The van der Waals surface area contributed by atoms with E-state index in [0.29, 0.717) is 17.1 Å². The molecule has 0 radical (unpaired) electrons. The first-order valence-electron chi connectivity index (χ1n) is 12.3. The number of hydrogen-bond acceptors (Lipinski definition) is 8. The van der Waals surface area contributed by atoms with Gasteiger partial charge < -0.3 is 19.2 Å². The fraction of sp³-hybridized carbons (Fsp3) is 0.207. The van der Waals surface area contributed by atoms with Crippen LogP contribution in [0.1, 0.15) is 35.5 Å². The van der Waals surface area contributed by atoms with Gasteiger partial charge >= 0.3 is 5.97 Å². The minimum atomic E-state index is -3.75. The fourth-order valence-electron chi connectivity index (χ4n) is 4.29. The number of benzene rings is 2. The Labute approximate surface area is 225 Å². The van der Waals surface area contributed by atoms with E-state index >= 15 is 0 Å². The van der Waals surface area contributed by atoms with Gasteiger partial charge in [0.05, 0.1) is 35.5 Å². The van der Waals surface area contributed by atoms with E-state index in [1.54, 1.807) is 63.6 Å². The molecule has 5 rings (SSSR count). The van der Waals surface area contributed by atoms with Gasteiger partial charge in [-0.25, -0.2) is 23.2 Å². The molecule has 0 unspecified atom stereocenters. The molecule has 9 nitrogen and oxygen atoms in total. The first-order valence-corrected chi connectivity index (χ1v) is 13.7. The highest BCUT2D eigenvalue weighted by Crippen LogP contribution is 2.34. The van der Waals surface area contributed by atoms with Crippen LogP contribution in [-0.2, 0) is 25.9 Å². The minimum Gasteiger partial charge on any atom is -0.458 e. The molecule has 2 aromatic carbocycles. The van der Waals surface area contributed by atoms with Crippen molar-refractivity contribution in [2.24, 2.45) is 0 Å². The van der Waals surface area contributed by atoms with Crippen LogP contribution in [-0.4, -0.2) is 42.6 Å². The number of aromatic nitrogens is 3. The van der Waals surface area contributed by atoms with Gasteiger partial charge in [-0.15, -0.1) is 0 Å². The monoisotopic (exact) mass is 545 g/mol. The highest BCUT2D eigenvalue weighted by Gasteiger charge is 2.22. The average molecular weight is 546 g/mol. The number of pyridine rings is 2. The van der Waals surface area contributed by atoms with Gasteiger partial charge in [-0.05, 0) is 63.2 Å². The maximum absolute atomic E-state index is 12.9. The first kappa shape index (κ1) is 26.3. The lowest BCUT2D eigenvalue weighted by Gasteiger charge is -2.12. The third kappa shape index (κ3) is 5.21. The van der Waals surface area contributed by atoms with Gasteiger partial charge in [0.1, 0.15) is 11.5 Å². The number of nitrogens with one attached hydrogen (secondary N) is 1. The number of aromatic amines is 1. The number of H-pyrrole nitrogens is 1. The number of aryl methyl sites for hydroxylation is 1. The summed E-state index contributed by atoms with van der Waals surface area (Å²) in [5.74, 6) is 0.357. The molecule has 0 aliphatic carbocycles. The highest BCUT2D eigenvalue weighted by molar-refractivity contribution is 7.91. The van der Waals surface area contributed by atoms with Crippen LogP contribution in [0.2, 0.25) is 0 Å². The molecule has 0 spiro atoms. The third-order valence-electron chi connectivity index (χ3n) is 6.09. The van der Waals surface area contributed by atoms with E-state index in [2.05, 4.69) is 15.0 Å². The molecular weight excluding hydrogens is 518 g/mol. The normalized spacial score (nSPS) is 11.8. The Morgan fingerprint density at radius 2 is 1.69 bits per heavy atom. The number of ether oxygens (including phenoxy) is 3. The number of esters is 1. The predicted octanol–water partition coefficient (Wildman–Crippen LogP) is 5.76. The molecule has 0 saturated carbocycles. The van der Waals surface area contributed by atoms with Crippen molar-refractivity contribution in [1.82, 2.24) is 15.0 Å². The number of carbonyl (C=O) groups is 1. The topological polar surface area (TPSA) is 120 Å². The molecule has 0 atom stereocenters. The number of methoxy groups -OCH3 is 1. The van der Waals surface area contributed by atoms with E-state index < -0.39 is 15.8 Å². The summed E-state index contributed by atoms with van der Waals surface area (Å²) in [5, 5.41) is 1.52. The van der Waals surface area contributed by atoms with Crippen molar-refractivity contribution in [2.45, 2.75) is 43.4 Å². The zero-order valence-electron chi connectivity index (χ0n) is 21.9. The largest absolute Gasteiger partial charge is 0.458 e. The van der Waals surface area contributed by atoms with E-state index in [4.69, 9.17) is 14.2 Å². The fourth-order valence-corrected chi connectivity index (χ4v) is 5.47. The van der Waals surface area contributed by atoms with Crippen LogP contribution < -0.4 is 4.74 Å². The van der Waals surface area contributed by atoms with E-state index in [-0.39, 0.29) is 28.3 Å². The van der Waals surface area contributed by atoms with Gasteiger partial charge in [0.15, 0.2) is 10.7 Å². The van der Waals surface area contributed by atoms with Crippen LogP contribution in [0.3, 0.4) is 0 Å². The van der Waals surface area contributed by atoms with Crippen molar-refractivity contribution in [3.8, 4) is 11.5 Å². The summed E-state index contributed by atoms with van der Waals surface area (Å²) in [5.41, 5.74) is 3.33. The van der Waals surface area contributed by atoms with Crippen molar-refractivity contribution in [1.29, 1.82) is 0 Å². The third-order valence-corrected chi connectivity index (χ3v) is 7.77. The smallest absolute Gasteiger partial charge is 0.357 e. The molecule has 3 heterocycles. The summed E-state index contributed by atoms with van der Waals surface area (Å²) < 4.78 is 42.6. The molecule has 0 saturated heterocycles. The number of sulfone groups is 1. The zero-order valence-corrected chi connectivity index (χ0v) is 22.7. The van der Waals surface area contributed by atoms with Gasteiger partial charge in [0, 0.05) is 29.0 Å². The Morgan fingerprint density at radius 1 is 0.949 bits per heavy atom. The summed E-state index contributed by atoms with van der Waals surface area (Å²) >= 11 is 0. The van der Waals surface area contributed by atoms with E-state index in [0.717, 1.165) is 27.4 Å². The second-order valence-electron chi connectivity index (χ2n) is 9.34.